The zero-order chi connectivity index (χ0) is 20.2. The van der Waals surface area contributed by atoms with Crippen LogP contribution in [0.3, 0.4) is 0 Å². The Bertz CT molecular complexity index is 882. The molecule has 2 rings (SSSR count). The van der Waals surface area contributed by atoms with Gasteiger partial charge in [-0.05, 0) is 35.4 Å². The largest absolute Gasteiger partial charge is 0.273 e. The summed E-state index contributed by atoms with van der Waals surface area (Å²) in [6, 6.07) is 17.4. The van der Waals surface area contributed by atoms with Gasteiger partial charge in [0.2, 0.25) is 11.8 Å². The minimum Gasteiger partial charge on any atom is -0.273 e. The van der Waals surface area contributed by atoms with Crippen molar-refractivity contribution in [2.24, 2.45) is 10.2 Å². The average molecular weight is 372 g/mol. The molecule has 2 aromatic rings. The van der Waals surface area contributed by atoms with Gasteiger partial charge in [0.15, 0.2) is 0 Å². The summed E-state index contributed by atoms with van der Waals surface area (Å²) < 4.78 is 0. The highest BCUT2D eigenvalue weighted by molar-refractivity contribution is 5.86. The highest BCUT2D eigenvalue weighted by Gasteiger charge is 2.05. The summed E-state index contributed by atoms with van der Waals surface area (Å²) in [5, 5.41) is 25.0. The zero-order valence-electron chi connectivity index (χ0n) is 14.8. The zero-order valence-corrected chi connectivity index (χ0v) is 14.8. The van der Waals surface area contributed by atoms with Crippen molar-refractivity contribution in [3.63, 3.8) is 0 Å². The minimum absolute atomic E-state index is 0.0388. The summed E-state index contributed by atoms with van der Waals surface area (Å²) in [4.78, 5) is 23.4. The smallest absolute Gasteiger partial charge is 0.240 e. The van der Waals surface area contributed by atoms with Crippen LogP contribution < -0.4 is 10.9 Å². The first-order valence-electron chi connectivity index (χ1n) is 8.25. The number of carbonyl (C=O) groups excluding carboxylic acids is 2. The van der Waals surface area contributed by atoms with Crippen molar-refractivity contribution in [3.05, 3.63) is 70.8 Å². The number of rotatable bonds is 7. The number of hydrogen-bond acceptors (Lipinski definition) is 6. The molecule has 0 heterocycles. The standard InChI is InChI=1S/C20H16N6O2/c21-11-15-1-5-17(6-2-15)13-23-25-19(27)9-10-20(28)26-24-14-18-7-3-16(12-22)4-8-18/h1-8,13-14H,9-10H2,(H,25,27)(H,26,28). The quantitative estimate of drug-likeness (QED) is 0.567. The summed E-state index contributed by atoms with van der Waals surface area (Å²) >= 11 is 0. The molecule has 0 spiro atoms. The molecule has 28 heavy (non-hydrogen) atoms. The number of benzene rings is 2. The molecule has 0 aromatic heterocycles. The molecule has 0 saturated carbocycles. The lowest BCUT2D eigenvalue weighted by atomic mass is 10.2. The molecule has 0 aliphatic carbocycles. The molecule has 0 aliphatic heterocycles. The van der Waals surface area contributed by atoms with Gasteiger partial charge in [0.25, 0.3) is 0 Å². The third-order valence-corrected chi connectivity index (χ3v) is 3.46. The number of amides is 2. The number of carbonyl (C=O) groups is 2. The molecule has 0 fully saturated rings. The van der Waals surface area contributed by atoms with E-state index in [1.807, 2.05) is 12.1 Å². The Morgan fingerprint density at radius 1 is 0.750 bits per heavy atom. The van der Waals surface area contributed by atoms with E-state index in [9.17, 15) is 9.59 Å². The van der Waals surface area contributed by atoms with Gasteiger partial charge in [-0.2, -0.15) is 20.7 Å². The van der Waals surface area contributed by atoms with Gasteiger partial charge in [-0.25, -0.2) is 10.9 Å². The van der Waals surface area contributed by atoms with Crippen LogP contribution in [0.2, 0.25) is 0 Å². The van der Waals surface area contributed by atoms with Crippen molar-refractivity contribution in [2.45, 2.75) is 12.8 Å². The predicted octanol–water partition coefficient (Wildman–Crippen LogP) is 1.81. The maximum absolute atomic E-state index is 11.7. The highest BCUT2D eigenvalue weighted by Crippen LogP contribution is 2.01. The van der Waals surface area contributed by atoms with E-state index in [1.165, 1.54) is 12.4 Å². The fourth-order valence-corrected chi connectivity index (χ4v) is 1.98. The number of nitrogens with zero attached hydrogens (tertiary/aromatic N) is 4. The highest BCUT2D eigenvalue weighted by atomic mass is 16.2. The van der Waals surface area contributed by atoms with Crippen LogP contribution in [0.15, 0.2) is 58.7 Å². The molecule has 2 amide bonds. The molecule has 138 valence electrons. The minimum atomic E-state index is -0.406. The Morgan fingerprint density at radius 2 is 1.11 bits per heavy atom. The molecule has 0 aliphatic rings. The van der Waals surface area contributed by atoms with Crippen LogP contribution >= 0.6 is 0 Å². The van der Waals surface area contributed by atoms with E-state index in [4.69, 9.17) is 10.5 Å². The van der Waals surface area contributed by atoms with Gasteiger partial charge in [0, 0.05) is 12.8 Å². The third kappa shape index (κ3) is 6.90. The van der Waals surface area contributed by atoms with Gasteiger partial charge in [0.1, 0.15) is 0 Å². The van der Waals surface area contributed by atoms with Gasteiger partial charge in [-0.3, -0.25) is 9.59 Å². The first-order chi connectivity index (χ1) is 13.6. The van der Waals surface area contributed by atoms with Crippen LogP contribution in [0.4, 0.5) is 0 Å². The number of nitrogens with one attached hydrogen (secondary N) is 2. The van der Waals surface area contributed by atoms with E-state index in [1.54, 1.807) is 48.5 Å². The van der Waals surface area contributed by atoms with Crippen LogP contribution in [0, 0.1) is 22.7 Å². The molecule has 8 heteroatoms. The van der Waals surface area contributed by atoms with Gasteiger partial charge in [0.05, 0.1) is 35.7 Å². The van der Waals surface area contributed by atoms with Crippen molar-refractivity contribution in [1.82, 2.24) is 10.9 Å². The SMILES string of the molecule is N#Cc1ccc(C=NNC(=O)CCC(=O)NN=Cc2ccc(C#N)cc2)cc1. The van der Waals surface area contributed by atoms with E-state index in [0.717, 1.165) is 11.1 Å². The monoisotopic (exact) mass is 372 g/mol. The lowest BCUT2D eigenvalue weighted by Gasteiger charge is -2.00. The van der Waals surface area contributed by atoms with Gasteiger partial charge in [-0.15, -0.1) is 0 Å². The second-order valence-corrected chi connectivity index (χ2v) is 5.55. The van der Waals surface area contributed by atoms with Crippen molar-refractivity contribution >= 4 is 24.2 Å². The predicted molar refractivity (Wildman–Crippen MR) is 103 cm³/mol. The second-order valence-electron chi connectivity index (χ2n) is 5.55. The topological polar surface area (TPSA) is 130 Å². The first-order valence-corrected chi connectivity index (χ1v) is 8.25. The third-order valence-electron chi connectivity index (χ3n) is 3.46. The maximum atomic E-state index is 11.7. The van der Waals surface area contributed by atoms with Crippen molar-refractivity contribution in [3.8, 4) is 12.1 Å². The van der Waals surface area contributed by atoms with E-state index in [2.05, 4.69) is 21.1 Å². The molecular weight excluding hydrogens is 356 g/mol. The lowest BCUT2D eigenvalue weighted by Crippen LogP contribution is -2.22. The molecule has 0 saturated heterocycles. The maximum Gasteiger partial charge on any atom is 0.240 e. The average Bonchev–Trinajstić information content (AvgIpc) is 2.73. The van der Waals surface area contributed by atoms with Gasteiger partial charge in [-0.1, -0.05) is 24.3 Å². The van der Waals surface area contributed by atoms with E-state index in [-0.39, 0.29) is 12.8 Å². The molecule has 0 bridgehead atoms. The van der Waals surface area contributed by atoms with E-state index < -0.39 is 11.8 Å². The number of nitriles is 2. The van der Waals surface area contributed by atoms with Crippen LogP contribution in [-0.2, 0) is 9.59 Å². The molecule has 0 unspecified atom stereocenters. The summed E-state index contributed by atoms with van der Waals surface area (Å²) in [6.45, 7) is 0. The van der Waals surface area contributed by atoms with Crippen molar-refractivity contribution < 1.29 is 9.59 Å². The summed E-state index contributed by atoms with van der Waals surface area (Å²) in [7, 11) is 0. The van der Waals surface area contributed by atoms with Crippen LogP contribution in [0.5, 0.6) is 0 Å². The fourth-order valence-electron chi connectivity index (χ4n) is 1.98. The molecular formula is C20H16N6O2. The Balaban J connectivity index is 1.69. The van der Waals surface area contributed by atoms with Crippen LogP contribution in [-0.4, -0.2) is 24.2 Å². The Morgan fingerprint density at radius 3 is 1.43 bits per heavy atom. The summed E-state index contributed by atoms with van der Waals surface area (Å²) in [5.41, 5.74) is 7.19. The number of hydrogen-bond donors (Lipinski definition) is 2. The molecule has 2 aromatic carbocycles. The van der Waals surface area contributed by atoms with Gasteiger partial charge < -0.3 is 0 Å². The van der Waals surface area contributed by atoms with Gasteiger partial charge >= 0.3 is 0 Å². The normalized spacial score (nSPS) is 10.4. The summed E-state index contributed by atoms with van der Waals surface area (Å²) in [6.07, 6.45) is 2.81. The lowest BCUT2D eigenvalue weighted by molar-refractivity contribution is -0.126. The number of hydrazone groups is 2. The Hall–Kier alpha value is -4.30. The van der Waals surface area contributed by atoms with Crippen molar-refractivity contribution in [2.75, 3.05) is 0 Å². The second kappa shape index (κ2) is 10.6. The van der Waals surface area contributed by atoms with E-state index in [0.29, 0.717) is 11.1 Å². The van der Waals surface area contributed by atoms with Crippen molar-refractivity contribution in [1.29, 1.82) is 10.5 Å². The Kier molecular flexibility index (Phi) is 7.60. The molecule has 8 nitrogen and oxygen atoms in total. The van der Waals surface area contributed by atoms with Crippen LogP contribution in [0.25, 0.3) is 0 Å². The molecule has 0 radical (unpaired) electrons. The Labute approximate surface area is 161 Å². The van der Waals surface area contributed by atoms with Crippen LogP contribution in [0.1, 0.15) is 35.1 Å². The fraction of sp³-hybridized carbons (Fsp3) is 0.100. The summed E-state index contributed by atoms with van der Waals surface area (Å²) in [5.74, 6) is -0.813. The first kappa shape index (κ1) is 20.0. The van der Waals surface area contributed by atoms with E-state index >= 15 is 0 Å². The molecule has 0 atom stereocenters. The molecule has 2 N–H and O–H groups in total.